The number of hydrogen-bond donors (Lipinski definition) is 1. The maximum absolute atomic E-state index is 12.2. The summed E-state index contributed by atoms with van der Waals surface area (Å²) < 4.78 is 0. The number of hydrogen-bond acceptors (Lipinski definition) is 2. The van der Waals surface area contributed by atoms with Crippen LogP contribution in [0, 0.1) is 5.41 Å². The summed E-state index contributed by atoms with van der Waals surface area (Å²) in [6.07, 6.45) is 0. The Hall–Kier alpha value is -0.860. The van der Waals surface area contributed by atoms with Crippen LogP contribution in [0.15, 0.2) is 24.3 Å². The summed E-state index contributed by atoms with van der Waals surface area (Å²) in [6.45, 7) is 10.5. The van der Waals surface area contributed by atoms with Gasteiger partial charge in [0.2, 0.25) is 0 Å². The van der Waals surface area contributed by atoms with Crippen molar-refractivity contribution in [2.45, 2.75) is 46.7 Å². The number of Topliss-reactive ketones (excluding diaryl/α,β-unsaturated/α-hetero) is 1. The van der Waals surface area contributed by atoms with Crippen LogP contribution in [0.2, 0.25) is 5.02 Å². The molecule has 0 aliphatic heterocycles. The van der Waals surface area contributed by atoms with Crippen LogP contribution >= 0.6 is 11.6 Å². The Labute approximate surface area is 115 Å². The van der Waals surface area contributed by atoms with Gasteiger partial charge in [-0.05, 0) is 31.4 Å². The van der Waals surface area contributed by atoms with Crippen molar-refractivity contribution in [1.82, 2.24) is 5.32 Å². The molecule has 0 saturated carbocycles. The maximum atomic E-state index is 12.2. The Morgan fingerprint density at radius 3 is 2.39 bits per heavy atom. The third kappa shape index (κ3) is 4.11. The molecule has 18 heavy (non-hydrogen) atoms. The van der Waals surface area contributed by atoms with Gasteiger partial charge in [-0.25, -0.2) is 0 Å². The normalized spacial score (nSPS) is 15.2. The van der Waals surface area contributed by atoms with Gasteiger partial charge < -0.3 is 5.32 Å². The van der Waals surface area contributed by atoms with Crippen molar-refractivity contribution in [3.05, 3.63) is 34.9 Å². The zero-order chi connectivity index (χ0) is 13.9. The van der Waals surface area contributed by atoms with Gasteiger partial charge in [-0.3, -0.25) is 4.79 Å². The molecule has 0 aromatic heterocycles. The minimum atomic E-state index is -0.210. The van der Waals surface area contributed by atoms with E-state index in [0.29, 0.717) is 10.6 Å². The van der Waals surface area contributed by atoms with Gasteiger partial charge in [0, 0.05) is 16.6 Å². The van der Waals surface area contributed by atoms with Crippen LogP contribution in [-0.2, 0) is 0 Å². The molecular formula is C15H22ClNO. The molecule has 1 aromatic rings. The van der Waals surface area contributed by atoms with Crippen molar-refractivity contribution in [3.8, 4) is 0 Å². The number of rotatable bonds is 4. The SMILES string of the molecule is CC(NC(C)C(C)(C)C)C(=O)c1cccc(Cl)c1. The summed E-state index contributed by atoms with van der Waals surface area (Å²) >= 11 is 5.90. The fraction of sp³-hybridized carbons (Fsp3) is 0.533. The van der Waals surface area contributed by atoms with Crippen molar-refractivity contribution in [2.75, 3.05) is 0 Å². The Bertz CT molecular complexity index is 423. The van der Waals surface area contributed by atoms with Crippen LogP contribution in [0.4, 0.5) is 0 Å². The molecule has 0 fully saturated rings. The van der Waals surface area contributed by atoms with Gasteiger partial charge in [0.25, 0.3) is 0 Å². The molecule has 0 aliphatic carbocycles. The summed E-state index contributed by atoms with van der Waals surface area (Å²) in [4.78, 5) is 12.2. The van der Waals surface area contributed by atoms with Gasteiger partial charge >= 0.3 is 0 Å². The summed E-state index contributed by atoms with van der Waals surface area (Å²) in [5.74, 6) is 0.0774. The lowest BCUT2D eigenvalue weighted by atomic mass is 9.87. The molecule has 1 aromatic carbocycles. The van der Waals surface area contributed by atoms with Crippen molar-refractivity contribution < 1.29 is 4.79 Å². The molecule has 2 unspecified atom stereocenters. The fourth-order valence-corrected chi connectivity index (χ4v) is 1.78. The Morgan fingerprint density at radius 2 is 1.89 bits per heavy atom. The zero-order valence-electron chi connectivity index (χ0n) is 11.8. The number of ketones is 1. The van der Waals surface area contributed by atoms with Crippen LogP contribution in [0.5, 0.6) is 0 Å². The van der Waals surface area contributed by atoms with Gasteiger partial charge in [-0.15, -0.1) is 0 Å². The molecule has 0 amide bonds. The summed E-state index contributed by atoms with van der Waals surface area (Å²) in [5, 5.41) is 3.94. The molecule has 2 nitrogen and oxygen atoms in total. The average molecular weight is 268 g/mol. The van der Waals surface area contributed by atoms with Gasteiger partial charge in [0.1, 0.15) is 0 Å². The Balaban J connectivity index is 2.73. The Morgan fingerprint density at radius 1 is 1.28 bits per heavy atom. The minimum Gasteiger partial charge on any atom is -0.304 e. The molecule has 2 atom stereocenters. The van der Waals surface area contributed by atoms with E-state index in [1.807, 2.05) is 6.92 Å². The lowest BCUT2D eigenvalue weighted by Gasteiger charge is -2.30. The summed E-state index contributed by atoms with van der Waals surface area (Å²) in [7, 11) is 0. The summed E-state index contributed by atoms with van der Waals surface area (Å²) in [6, 6.07) is 7.13. The highest BCUT2D eigenvalue weighted by Gasteiger charge is 2.24. The monoisotopic (exact) mass is 267 g/mol. The van der Waals surface area contributed by atoms with Crippen molar-refractivity contribution in [1.29, 1.82) is 0 Å². The lowest BCUT2D eigenvalue weighted by Crippen LogP contribution is -2.46. The second-order valence-electron chi connectivity index (χ2n) is 5.85. The number of carbonyl (C=O) groups is 1. The van der Waals surface area contributed by atoms with Gasteiger partial charge in [-0.2, -0.15) is 0 Å². The number of benzene rings is 1. The third-order valence-electron chi connectivity index (χ3n) is 3.30. The zero-order valence-corrected chi connectivity index (χ0v) is 12.5. The topological polar surface area (TPSA) is 29.1 Å². The van der Waals surface area contributed by atoms with E-state index in [9.17, 15) is 4.79 Å². The first kappa shape index (κ1) is 15.2. The van der Waals surface area contributed by atoms with Crippen LogP contribution in [0.1, 0.15) is 45.0 Å². The predicted molar refractivity (Wildman–Crippen MR) is 77.3 cm³/mol. The number of carbonyl (C=O) groups excluding carboxylic acids is 1. The molecule has 0 saturated heterocycles. The second-order valence-corrected chi connectivity index (χ2v) is 6.29. The van der Waals surface area contributed by atoms with Crippen LogP contribution in [-0.4, -0.2) is 17.9 Å². The van der Waals surface area contributed by atoms with Crippen LogP contribution in [0.3, 0.4) is 0 Å². The van der Waals surface area contributed by atoms with Crippen molar-refractivity contribution in [2.24, 2.45) is 5.41 Å². The average Bonchev–Trinajstić information content (AvgIpc) is 2.26. The maximum Gasteiger partial charge on any atom is 0.179 e. The highest BCUT2D eigenvalue weighted by atomic mass is 35.5. The lowest BCUT2D eigenvalue weighted by molar-refractivity contribution is 0.0933. The first-order valence-corrected chi connectivity index (χ1v) is 6.65. The first-order valence-electron chi connectivity index (χ1n) is 6.27. The third-order valence-corrected chi connectivity index (χ3v) is 3.54. The van der Waals surface area contributed by atoms with Crippen LogP contribution < -0.4 is 5.32 Å². The fourth-order valence-electron chi connectivity index (χ4n) is 1.59. The van der Waals surface area contributed by atoms with E-state index in [0.717, 1.165) is 0 Å². The highest BCUT2D eigenvalue weighted by molar-refractivity contribution is 6.31. The van der Waals surface area contributed by atoms with Gasteiger partial charge in [-0.1, -0.05) is 44.5 Å². The van der Waals surface area contributed by atoms with Crippen molar-refractivity contribution in [3.63, 3.8) is 0 Å². The van der Waals surface area contributed by atoms with E-state index in [2.05, 4.69) is 33.0 Å². The smallest absolute Gasteiger partial charge is 0.179 e. The molecule has 0 aliphatic rings. The predicted octanol–water partition coefficient (Wildman–Crippen LogP) is 3.94. The highest BCUT2D eigenvalue weighted by Crippen LogP contribution is 2.20. The number of halogens is 1. The van der Waals surface area contributed by atoms with E-state index in [1.54, 1.807) is 24.3 Å². The molecule has 1 rings (SSSR count). The van der Waals surface area contributed by atoms with E-state index in [-0.39, 0.29) is 23.3 Å². The molecule has 1 N–H and O–H groups in total. The standard InChI is InChI=1S/C15H22ClNO/c1-10(17-11(2)15(3,4)5)14(18)12-7-6-8-13(16)9-12/h6-11,17H,1-5H3. The van der Waals surface area contributed by atoms with Crippen molar-refractivity contribution >= 4 is 17.4 Å². The molecule has 3 heteroatoms. The Kier molecular flexibility index (Phi) is 4.94. The van der Waals surface area contributed by atoms with E-state index in [1.165, 1.54) is 0 Å². The van der Waals surface area contributed by atoms with Gasteiger partial charge in [0.05, 0.1) is 6.04 Å². The molecule has 0 spiro atoms. The van der Waals surface area contributed by atoms with E-state index >= 15 is 0 Å². The molecule has 100 valence electrons. The molecule has 0 radical (unpaired) electrons. The van der Waals surface area contributed by atoms with E-state index in [4.69, 9.17) is 11.6 Å². The molecule has 0 bridgehead atoms. The first-order chi connectivity index (χ1) is 8.21. The molecular weight excluding hydrogens is 246 g/mol. The van der Waals surface area contributed by atoms with Crippen LogP contribution in [0.25, 0.3) is 0 Å². The minimum absolute atomic E-state index is 0.0774. The molecule has 0 heterocycles. The van der Waals surface area contributed by atoms with Gasteiger partial charge in [0.15, 0.2) is 5.78 Å². The number of nitrogens with one attached hydrogen (secondary N) is 1. The van der Waals surface area contributed by atoms with E-state index < -0.39 is 0 Å². The second kappa shape index (κ2) is 5.85. The largest absolute Gasteiger partial charge is 0.304 e. The quantitative estimate of drug-likeness (QED) is 0.838. The summed E-state index contributed by atoms with van der Waals surface area (Å²) in [5.41, 5.74) is 0.784.